The summed E-state index contributed by atoms with van der Waals surface area (Å²) >= 11 is 6.16. The van der Waals surface area contributed by atoms with Crippen molar-refractivity contribution >= 4 is 40.9 Å². The molecule has 1 aromatic carbocycles. The van der Waals surface area contributed by atoms with Crippen molar-refractivity contribution in [2.24, 2.45) is 17.6 Å². The number of carbonyl (C=O) groups excluding carboxylic acids is 4. The van der Waals surface area contributed by atoms with Crippen molar-refractivity contribution in [2.75, 3.05) is 11.9 Å². The van der Waals surface area contributed by atoms with Gasteiger partial charge in [0.05, 0.1) is 11.8 Å². The van der Waals surface area contributed by atoms with Crippen LogP contribution in [-0.4, -0.2) is 41.1 Å². The van der Waals surface area contributed by atoms with Gasteiger partial charge < -0.3 is 11.1 Å². The molecule has 4 rings (SSSR count). The molecule has 4 atom stereocenters. The number of nitrogens with one attached hydrogen (secondary N) is 2. The minimum atomic E-state index is -1.45. The number of rotatable bonds is 5. The maximum absolute atomic E-state index is 13.3. The number of hydrogen-bond donors (Lipinski definition) is 3. The summed E-state index contributed by atoms with van der Waals surface area (Å²) in [6.07, 6.45) is 1.35. The third-order valence-electron chi connectivity index (χ3n) is 5.92. The Bertz CT molecular complexity index is 904. The summed E-state index contributed by atoms with van der Waals surface area (Å²) in [5.41, 5.74) is 4.99. The van der Waals surface area contributed by atoms with E-state index in [1.165, 1.54) is 4.90 Å². The number of carbonyl (C=O) groups is 4. The third kappa shape index (κ3) is 2.48. The summed E-state index contributed by atoms with van der Waals surface area (Å²) in [5, 5.41) is 6.32. The number of nitrogens with zero attached hydrogens (tertiary/aromatic N) is 1. The summed E-state index contributed by atoms with van der Waals surface area (Å²) in [6, 6.07) is 4.22. The summed E-state index contributed by atoms with van der Waals surface area (Å²) in [6.45, 7) is 2.26. The molecule has 0 bridgehead atoms. The molecule has 0 aromatic heterocycles. The molecule has 2 saturated heterocycles. The van der Waals surface area contributed by atoms with Gasteiger partial charge in [0.2, 0.25) is 23.6 Å². The zero-order valence-corrected chi connectivity index (χ0v) is 16.1. The first kappa shape index (κ1) is 18.9. The van der Waals surface area contributed by atoms with E-state index >= 15 is 0 Å². The topological polar surface area (TPSA) is 122 Å². The Kier molecular flexibility index (Phi) is 4.43. The largest absolute Gasteiger partial charge is 0.370 e. The fourth-order valence-electron chi connectivity index (χ4n) is 4.76. The molecule has 3 aliphatic heterocycles. The Morgan fingerprint density at radius 3 is 2.71 bits per heavy atom. The monoisotopic (exact) mass is 404 g/mol. The maximum Gasteiger partial charge on any atom is 0.250 e. The molecule has 28 heavy (non-hydrogen) atoms. The number of benzene rings is 1. The minimum absolute atomic E-state index is 0.146. The van der Waals surface area contributed by atoms with Crippen molar-refractivity contribution < 1.29 is 19.2 Å². The summed E-state index contributed by atoms with van der Waals surface area (Å²) in [4.78, 5) is 52.3. The normalized spacial score (nSPS) is 30.7. The van der Waals surface area contributed by atoms with Gasteiger partial charge in [-0.2, -0.15) is 0 Å². The molecule has 0 radical (unpaired) electrons. The number of fused-ring (bicyclic) bond motifs is 4. The number of nitrogens with two attached hydrogens (primary N) is 1. The van der Waals surface area contributed by atoms with Crippen molar-refractivity contribution in [3.8, 4) is 0 Å². The summed E-state index contributed by atoms with van der Waals surface area (Å²) < 4.78 is 0. The van der Waals surface area contributed by atoms with Crippen LogP contribution in [0.2, 0.25) is 5.02 Å². The minimum Gasteiger partial charge on any atom is -0.370 e. The molecule has 3 aliphatic rings. The lowest BCUT2D eigenvalue weighted by Gasteiger charge is -2.29. The van der Waals surface area contributed by atoms with Gasteiger partial charge in [0.25, 0.3) is 0 Å². The molecule has 3 heterocycles. The Morgan fingerprint density at radius 1 is 1.29 bits per heavy atom. The molecule has 2 fully saturated rings. The van der Waals surface area contributed by atoms with Gasteiger partial charge in [0, 0.05) is 35.3 Å². The van der Waals surface area contributed by atoms with E-state index in [2.05, 4.69) is 10.6 Å². The molecule has 4 N–H and O–H groups in total. The van der Waals surface area contributed by atoms with Crippen LogP contribution < -0.4 is 16.4 Å². The highest BCUT2D eigenvalue weighted by atomic mass is 35.5. The lowest BCUT2D eigenvalue weighted by atomic mass is 9.76. The van der Waals surface area contributed by atoms with Gasteiger partial charge in [-0.25, -0.2) is 0 Å². The quantitative estimate of drug-likeness (QED) is 0.625. The zero-order valence-electron chi connectivity index (χ0n) is 15.3. The first-order chi connectivity index (χ1) is 13.3. The Morgan fingerprint density at radius 2 is 2.04 bits per heavy atom. The van der Waals surface area contributed by atoms with E-state index in [1.54, 1.807) is 18.2 Å². The summed E-state index contributed by atoms with van der Waals surface area (Å²) in [5.74, 6) is -3.56. The number of primary amides is 1. The zero-order chi connectivity index (χ0) is 20.2. The Labute approximate surface area is 166 Å². The SMILES string of the molecule is CCCCN1C(=O)C2C(CC(N)=O)NC3(C(=O)Nc4ccc(Cl)cc43)C2C1=O. The van der Waals surface area contributed by atoms with Gasteiger partial charge in [-0.05, 0) is 24.6 Å². The average molecular weight is 405 g/mol. The molecule has 0 saturated carbocycles. The molecule has 148 valence electrons. The van der Waals surface area contributed by atoms with Gasteiger partial charge in [-0.1, -0.05) is 24.9 Å². The van der Waals surface area contributed by atoms with E-state index < -0.39 is 41.1 Å². The fourth-order valence-corrected chi connectivity index (χ4v) is 4.93. The molecule has 9 heteroatoms. The van der Waals surface area contributed by atoms with Crippen LogP contribution in [0.15, 0.2) is 18.2 Å². The van der Waals surface area contributed by atoms with Crippen LogP contribution in [0.1, 0.15) is 31.7 Å². The predicted molar refractivity (Wildman–Crippen MR) is 101 cm³/mol. The summed E-state index contributed by atoms with van der Waals surface area (Å²) in [7, 11) is 0. The third-order valence-corrected chi connectivity index (χ3v) is 6.16. The molecular weight excluding hydrogens is 384 g/mol. The highest BCUT2D eigenvalue weighted by Gasteiger charge is 2.70. The van der Waals surface area contributed by atoms with Crippen molar-refractivity contribution in [1.82, 2.24) is 10.2 Å². The van der Waals surface area contributed by atoms with Crippen LogP contribution in [0.4, 0.5) is 5.69 Å². The van der Waals surface area contributed by atoms with Crippen LogP contribution in [-0.2, 0) is 24.7 Å². The first-order valence-electron chi connectivity index (χ1n) is 9.34. The van der Waals surface area contributed by atoms with E-state index in [4.69, 9.17) is 17.3 Å². The van der Waals surface area contributed by atoms with Gasteiger partial charge in [0.15, 0.2) is 0 Å². The number of imide groups is 1. The number of anilines is 1. The molecular formula is C19H21ClN4O4. The van der Waals surface area contributed by atoms with Crippen LogP contribution in [0.5, 0.6) is 0 Å². The van der Waals surface area contributed by atoms with Crippen molar-refractivity contribution in [3.05, 3.63) is 28.8 Å². The van der Waals surface area contributed by atoms with E-state index in [0.717, 1.165) is 6.42 Å². The molecule has 4 unspecified atom stereocenters. The first-order valence-corrected chi connectivity index (χ1v) is 9.71. The molecule has 1 spiro atoms. The smallest absolute Gasteiger partial charge is 0.250 e. The van der Waals surface area contributed by atoms with E-state index in [9.17, 15) is 19.2 Å². The van der Waals surface area contributed by atoms with Crippen LogP contribution in [0, 0.1) is 11.8 Å². The van der Waals surface area contributed by atoms with Crippen molar-refractivity contribution in [3.63, 3.8) is 0 Å². The Balaban J connectivity index is 1.85. The van der Waals surface area contributed by atoms with Crippen LogP contribution in [0.25, 0.3) is 0 Å². The van der Waals surface area contributed by atoms with Crippen molar-refractivity contribution in [2.45, 2.75) is 37.8 Å². The van der Waals surface area contributed by atoms with Gasteiger partial charge >= 0.3 is 0 Å². The van der Waals surface area contributed by atoms with E-state index in [1.807, 2.05) is 6.92 Å². The standard InChI is InChI=1S/C19H21ClN4O4/c1-2-3-6-24-16(26)14-12(8-13(21)25)23-19(15(14)17(24)27)10-7-9(20)4-5-11(10)22-18(19)28/h4-5,7,12,14-15,23H,2-3,6,8H2,1H3,(H2,21,25)(H,22,28). The second kappa shape index (κ2) is 6.56. The highest BCUT2D eigenvalue weighted by Crippen LogP contribution is 2.53. The molecule has 1 aromatic rings. The van der Waals surface area contributed by atoms with Crippen LogP contribution in [0.3, 0.4) is 0 Å². The lowest BCUT2D eigenvalue weighted by molar-refractivity contribution is -0.142. The number of hydrogen-bond acceptors (Lipinski definition) is 5. The highest BCUT2D eigenvalue weighted by molar-refractivity contribution is 6.31. The molecule has 4 amide bonds. The van der Waals surface area contributed by atoms with Crippen molar-refractivity contribution in [1.29, 1.82) is 0 Å². The average Bonchev–Trinajstić information content (AvgIpc) is 3.19. The van der Waals surface area contributed by atoms with Gasteiger partial charge in [-0.15, -0.1) is 0 Å². The van der Waals surface area contributed by atoms with Gasteiger partial charge in [0.1, 0.15) is 5.54 Å². The number of halogens is 1. The lowest BCUT2D eigenvalue weighted by Crippen LogP contribution is -2.53. The number of amides is 4. The Hall–Kier alpha value is -2.45. The maximum atomic E-state index is 13.3. The van der Waals surface area contributed by atoms with Crippen LogP contribution >= 0.6 is 11.6 Å². The molecule has 8 nitrogen and oxygen atoms in total. The fraction of sp³-hybridized carbons (Fsp3) is 0.474. The second-order valence-electron chi connectivity index (χ2n) is 7.56. The number of likely N-dealkylation sites (tertiary alicyclic amines) is 1. The predicted octanol–water partition coefficient (Wildman–Crippen LogP) is 0.736. The van der Waals surface area contributed by atoms with Gasteiger partial charge in [-0.3, -0.25) is 29.4 Å². The molecule has 0 aliphatic carbocycles. The van der Waals surface area contributed by atoms with E-state index in [-0.39, 0.29) is 12.3 Å². The number of unbranched alkanes of at least 4 members (excludes halogenated alkanes) is 1. The second-order valence-corrected chi connectivity index (χ2v) is 7.99. The van der Waals surface area contributed by atoms with E-state index in [0.29, 0.717) is 29.2 Å².